The predicted octanol–water partition coefficient (Wildman–Crippen LogP) is 8.26. The smallest absolute Gasteiger partial charge is 0.341 e. The molecule has 0 aliphatic heterocycles. The molecule has 1 heterocycles. The number of fused-ring (bicyclic) bond motifs is 3. The quantitative estimate of drug-likeness (QED) is 0.153. The maximum Gasteiger partial charge on any atom is 0.341 e. The summed E-state index contributed by atoms with van der Waals surface area (Å²) in [5.41, 5.74) is 2.26. The van der Waals surface area contributed by atoms with Gasteiger partial charge in [-0.1, -0.05) is 24.3 Å². The van der Waals surface area contributed by atoms with Gasteiger partial charge in [-0.25, -0.2) is 0 Å². The third-order valence-electron chi connectivity index (χ3n) is 4.46. The molecule has 0 amide bonds. The van der Waals surface area contributed by atoms with Gasteiger partial charge in [0.2, 0.25) is 0 Å². The van der Waals surface area contributed by atoms with Crippen LogP contribution in [0, 0.1) is 0 Å². The van der Waals surface area contributed by atoms with Gasteiger partial charge in [0.15, 0.2) is 0 Å². The van der Waals surface area contributed by atoms with Gasteiger partial charge < -0.3 is 9.30 Å². The summed E-state index contributed by atoms with van der Waals surface area (Å²) >= 11 is 36.0. The summed E-state index contributed by atoms with van der Waals surface area (Å²) in [7, 11) is 0. The minimum Gasteiger partial charge on any atom is -0.493 e. The highest BCUT2D eigenvalue weighted by Crippen LogP contribution is 2.37. The van der Waals surface area contributed by atoms with E-state index in [9.17, 15) is 0 Å². The molecule has 0 radical (unpaired) electrons. The molecule has 0 aliphatic rings. The van der Waals surface area contributed by atoms with E-state index < -0.39 is 12.0 Å². The Bertz CT molecular complexity index is 951. The third-order valence-corrected chi connectivity index (χ3v) is 9.71. The van der Waals surface area contributed by atoms with Gasteiger partial charge in [-0.3, -0.25) is 0 Å². The Hall–Kier alpha value is 0.214. The molecular formula is C18H19Cl6NOSi2. The summed E-state index contributed by atoms with van der Waals surface area (Å²) in [6.07, 6.45) is 1.53. The van der Waals surface area contributed by atoms with Gasteiger partial charge in [0.1, 0.15) is 5.75 Å². The average molecular weight is 534 g/mol. The van der Waals surface area contributed by atoms with Gasteiger partial charge >= 0.3 is 12.0 Å². The van der Waals surface area contributed by atoms with E-state index in [2.05, 4.69) is 22.8 Å². The Morgan fingerprint density at radius 1 is 0.750 bits per heavy atom. The molecule has 2 aromatic carbocycles. The average Bonchev–Trinajstić information content (AvgIpc) is 2.92. The van der Waals surface area contributed by atoms with E-state index in [1.54, 1.807) is 0 Å². The maximum absolute atomic E-state index is 6.07. The summed E-state index contributed by atoms with van der Waals surface area (Å²) in [4.78, 5) is 0. The first kappa shape index (κ1) is 22.9. The van der Waals surface area contributed by atoms with Crippen LogP contribution in [0.3, 0.4) is 0 Å². The molecule has 0 spiro atoms. The molecule has 1 aromatic heterocycles. The van der Waals surface area contributed by atoms with E-state index in [4.69, 9.17) is 71.2 Å². The van der Waals surface area contributed by atoms with Crippen LogP contribution in [0.1, 0.15) is 12.8 Å². The molecule has 0 bridgehead atoms. The molecule has 3 rings (SSSR count). The van der Waals surface area contributed by atoms with Crippen LogP contribution in [0.4, 0.5) is 0 Å². The van der Waals surface area contributed by atoms with Gasteiger partial charge in [0, 0.05) is 22.8 Å². The van der Waals surface area contributed by atoms with Crippen molar-refractivity contribution in [1.82, 2.24) is 4.57 Å². The Morgan fingerprint density at radius 2 is 1.39 bits per heavy atom. The minimum atomic E-state index is -2.62. The van der Waals surface area contributed by atoms with E-state index in [0.29, 0.717) is 25.1 Å². The topological polar surface area (TPSA) is 14.2 Å². The van der Waals surface area contributed by atoms with Crippen LogP contribution in [0.15, 0.2) is 42.5 Å². The number of aryl methyl sites for hydroxylation is 1. The van der Waals surface area contributed by atoms with E-state index in [1.807, 2.05) is 24.3 Å². The maximum atomic E-state index is 6.07. The highest BCUT2D eigenvalue weighted by atomic mass is 35.8. The van der Waals surface area contributed by atoms with Crippen molar-refractivity contribution in [2.45, 2.75) is 31.5 Å². The summed E-state index contributed by atoms with van der Waals surface area (Å²) < 4.78 is 8.35. The SMILES string of the molecule is Cl[Si](Cl)(Cl)CCCOc1cccc2c1c1ccccc1n2CCC[Si](Cl)(Cl)Cl. The zero-order valence-electron chi connectivity index (χ0n) is 14.9. The number of hydrogen-bond acceptors (Lipinski definition) is 1. The molecule has 10 heteroatoms. The number of nitrogens with zero attached hydrogens (tertiary/aromatic N) is 1. The van der Waals surface area contributed by atoms with Crippen molar-refractivity contribution in [3.63, 3.8) is 0 Å². The van der Waals surface area contributed by atoms with Crippen molar-refractivity contribution in [3.8, 4) is 5.75 Å². The second kappa shape index (κ2) is 9.57. The molecule has 28 heavy (non-hydrogen) atoms. The van der Waals surface area contributed by atoms with Crippen molar-refractivity contribution < 1.29 is 4.74 Å². The number of ether oxygens (including phenoxy) is 1. The molecule has 0 atom stereocenters. The third kappa shape index (κ3) is 6.11. The number of rotatable bonds is 9. The van der Waals surface area contributed by atoms with Crippen LogP contribution in [-0.4, -0.2) is 23.2 Å². The van der Waals surface area contributed by atoms with Crippen LogP contribution >= 0.6 is 66.5 Å². The lowest BCUT2D eigenvalue weighted by Crippen LogP contribution is -2.11. The monoisotopic (exact) mass is 531 g/mol. The number of aromatic nitrogens is 1. The van der Waals surface area contributed by atoms with Gasteiger partial charge in [-0.05, 0) is 43.1 Å². The minimum absolute atomic E-state index is 0.512. The summed E-state index contributed by atoms with van der Waals surface area (Å²) in [6.45, 7) is 1.30. The van der Waals surface area contributed by atoms with Crippen LogP contribution in [0.25, 0.3) is 21.8 Å². The molecule has 3 aromatic rings. The van der Waals surface area contributed by atoms with Crippen LogP contribution < -0.4 is 4.74 Å². The van der Waals surface area contributed by atoms with Crippen molar-refractivity contribution in [3.05, 3.63) is 42.5 Å². The van der Waals surface area contributed by atoms with E-state index in [0.717, 1.165) is 40.5 Å². The molecule has 0 fully saturated rings. The Labute approximate surface area is 194 Å². The van der Waals surface area contributed by atoms with Crippen molar-refractivity contribution in [1.29, 1.82) is 0 Å². The van der Waals surface area contributed by atoms with E-state index >= 15 is 0 Å². The Morgan fingerprint density at radius 3 is 2.11 bits per heavy atom. The highest BCUT2D eigenvalue weighted by molar-refractivity contribution is 7.65. The van der Waals surface area contributed by atoms with Gasteiger partial charge in [-0.2, -0.15) is 0 Å². The fourth-order valence-corrected chi connectivity index (χ4v) is 6.83. The Kier molecular flexibility index (Phi) is 7.82. The molecule has 0 saturated heterocycles. The van der Waals surface area contributed by atoms with E-state index in [1.165, 1.54) is 0 Å². The van der Waals surface area contributed by atoms with Crippen molar-refractivity contribution in [2.24, 2.45) is 0 Å². The van der Waals surface area contributed by atoms with Crippen LogP contribution in [0.5, 0.6) is 5.75 Å². The first-order valence-electron chi connectivity index (χ1n) is 8.92. The fraction of sp³-hybridized carbons (Fsp3) is 0.333. The lowest BCUT2D eigenvalue weighted by atomic mass is 10.1. The summed E-state index contributed by atoms with van der Waals surface area (Å²) in [6, 6.07) is 10.3. The van der Waals surface area contributed by atoms with Gasteiger partial charge in [0.05, 0.1) is 12.1 Å². The largest absolute Gasteiger partial charge is 0.493 e. The first-order chi connectivity index (χ1) is 13.2. The normalized spacial score (nSPS) is 12.8. The van der Waals surface area contributed by atoms with E-state index in [-0.39, 0.29) is 0 Å². The number of para-hydroxylation sites is 1. The first-order valence-corrected chi connectivity index (χ1v) is 19.4. The van der Waals surface area contributed by atoms with Crippen molar-refractivity contribution >= 4 is 100 Å². The molecule has 0 aliphatic carbocycles. The van der Waals surface area contributed by atoms with Crippen LogP contribution in [-0.2, 0) is 6.54 Å². The molecular weight excluding hydrogens is 515 g/mol. The zero-order chi connectivity index (χ0) is 20.4. The number of hydrogen-bond donors (Lipinski definition) is 0. The van der Waals surface area contributed by atoms with Gasteiger partial charge in [-0.15, -0.1) is 66.5 Å². The van der Waals surface area contributed by atoms with Crippen LogP contribution in [0.2, 0.25) is 12.1 Å². The molecule has 0 N–H and O–H groups in total. The molecule has 0 unspecified atom stereocenters. The summed E-state index contributed by atoms with van der Waals surface area (Å²) in [5, 5.41) is 2.24. The fourth-order valence-electron chi connectivity index (χ4n) is 3.32. The van der Waals surface area contributed by atoms with Gasteiger partial charge in [0.25, 0.3) is 0 Å². The van der Waals surface area contributed by atoms with Crippen molar-refractivity contribution in [2.75, 3.05) is 6.61 Å². The molecule has 152 valence electrons. The molecule has 2 nitrogen and oxygen atoms in total. The second-order valence-corrected chi connectivity index (χ2v) is 25.2. The standard InChI is InChI=1S/C18H19Cl6NOSi2/c19-27(20,21)12-4-10-25-15-7-2-1-6-14(15)18-16(25)8-3-9-17(18)26-11-5-13-28(22,23)24/h1-3,6-9H,4-5,10-13H2. The number of halogens is 6. The predicted molar refractivity (Wildman–Crippen MR) is 130 cm³/mol. The summed E-state index contributed by atoms with van der Waals surface area (Å²) in [5.74, 6) is 0.842. The second-order valence-electron chi connectivity index (χ2n) is 6.60. The Balaban J connectivity index is 1.89. The lowest BCUT2D eigenvalue weighted by molar-refractivity contribution is 0.321. The number of benzene rings is 2. The zero-order valence-corrected chi connectivity index (χ0v) is 21.4. The molecule has 0 saturated carbocycles. The highest BCUT2D eigenvalue weighted by Gasteiger charge is 2.25. The lowest BCUT2D eigenvalue weighted by Gasteiger charge is -2.12.